The minimum Gasteiger partial charge on any atom is -0.494 e. The summed E-state index contributed by atoms with van der Waals surface area (Å²) in [6.45, 7) is 9.38. The number of ether oxygens (including phenoxy) is 5. The monoisotopic (exact) mass is 600 g/mol. The van der Waals surface area contributed by atoms with Crippen molar-refractivity contribution in [2.45, 2.75) is 38.0 Å². The maximum Gasteiger partial charge on any atom is 0.227 e. The Morgan fingerprint density at radius 1 is 0.977 bits per heavy atom. The zero-order valence-electron chi connectivity index (χ0n) is 25.4. The third-order valence-corrected chi connectivity index (χ3v) is 8.41. The van der Waals surface area contributed by atoms with E-state index in [9.17, 15) is 5.26 Å². The molecule has 1 N–H and O–H groups in total. The highest BCUT2D eigenvalue weighted by molar-refractivity contribution is 5.70. The Morgan fingerprint density at radius 2 is 1.75 bits per heavy atom. The summed E-state index contributed by atoms with van der Waals surface area (Å²) in [6, 6.07) is 14.5. The molecule has 3 aromatic rings. The molecule has 0 radical (unpaired) electrons. The van der Waals surface area contributed by atoms with Crippen LogP contribution in [0.5, 0.6) is 11.5 Å². The zero-order chi connectivity index (χ0) is 30.3. The highest BCUT2D eigenvalue weighted by atomic mass is 16.6. The molecule has 2 aromatic carbocycles. The summed E-state index contributed by atoms with van der Waals surface area (Å²) in [6.07, 6.45) is 5.71. The summed E-state index contributed by atoms with van der Waals surface area (Å²) < 4.78 is 28.2. The predicted octanol–water partition coefficient (Wildman–Crippen LogP) is 4.25. The highest BCUT2D eigenvalue weighted by Crippen LogP contribution is 2.34. The molecule has 4 heterocycles. The molecule has 1 unspecified atom stereocenters. The fourth-order valence-electron chi connectivity index (χ4n) is 5.80. The second-order valence-corrected chi connectivity index (χ2v) is 11.4. The molecule has 0 aliphatic carbocycles. The lowest BCUT2D eigenvalue weighted by Crippen LogP contribution is -2.49. The van der Waals surface area contributed by atoms with Crippen molar-refractivity contribution in [2.75, 3.05) is 76.5 Å². The van der Waals surface area contributed by atoms with E-state index in [4.69, 9.17) is 23.7 Å². The molecule has 0 spiro atoms. The van der Waals surface area contributed by atoms with Crippen molar-refractivity contribution in [1.29, 1.82) is 5.26 Å². The molecule has 1 aromatic heterocycles. The summed E-state index contributed by atoms with van der Waals surface area (Å²) in [4.78, 5) is 14.1. The van der Waals surface area contributed by atoms with E-state index in [0.29, 0.717) is 43.1 Å². The third kappa shape index (κ3) is 7.22. The number of aromatic nitrogens is 2. The molecule has 1 atom stereocenters. The number of benzene rings is 2. The topological polar surface area (TPSA) is 114 Å². The van der Waals surface area contributed by atoms with E-state index < -0.39 is 0 Å². The van der Waals surface area contributed by atoms with Gasteiger partial charge in [-0.1, -0.05) is 6.07 Å². The Labute approximate surface area is 258 Å². The highest BCUT2D eigenvalue weighted by Gasteiger charge is 2.26. The van der Waals surface area contributed by atoms with Crippen LogP contribution in [0.15, 0.2) is 48.8 Å². The lowest BCUT2D eigenvalue weighted by atomic mass is 10.0. The van der Waals surface area contributed by atoms with Gasteiger partial charge in [-0.25, -0.2) is 9.97 Å². The normalized spacial score (nSPS) is 18.7. The molecule has 232 valence electrons. The molecule has 3 fully saturated rings. The number of hydrogen-bond donors (Lipinski definition) is 1. The van der Waals surface area contributed by atoms with Gasteiger partial charge in [-0.3, -0.25) is 4.90 Å². The molecule has 3 saturated heterocycles. The van der Waals surface area contributed by atoms with Gasteiger partial charge in [0.2, 0.25) is 5.95 Å². The first kappa shape index (κ1) is 30.1. The SMILES string of the molecule is COc1cc(N2CCC(N3CCOCC3)CC2)ccc1Nc1ncc(-c2ccc(C#N)c(OC(C)COC3COC3)c2)cn1. The van der Waals surface area contributed by atoms with Gasteiger partial charge in [-0.05, 0) is 49.6 Å². The quantitative estimate of drug-likeness (QED) is 0.341. The largest absolute Gasteiger partial charge is 0.494 e. The molecular formula is C33H40N6O5. The first-order valence-corrected chi connectivity index (χ1v) is 15.3. The number of rotatable bonds is 11. The van der Waals surface area contributed by atoms with Crippen LogP contribution in [-0.4, -0.2) is 99.4 Å². The Balaban J connectivity index is 1.08. The molecular weight excluding hydrogens is 560 g/mol. The number of anilines is 3. The molecule has 6 rings (SSSR count). The molecule has 3 aliphatic rings. The molecule has 0 saturated carbocycles. The number of nitrogens with one attached hydrogen (secondary N) is 1. The van der Waals surface area contributed by atoms with Crippen molar-refractivity contribution < 1.29 is 23.7 Å². The molecule has 11 nitrogen and oxygen atoms in total. The third-order valence-electron chi connectivity index (χ3n) is 8.41. The maximum atomic E-state index is 9.60. The summed E-state index contributed by atoms with van der Waals surface area (Å²) in [5.41, 5.74) is 4.07. The molecule has 11 heteroatoms. The fraction of sp³-hybridized carbons (Fsp3) is 0.485. The van der Waals surface area contributed by atoms with Crippen molar-refractivity contribution in [3.8, 4) is 28.7 Å². The van der Waals surface area contributed by atoms with Gasteiger partial charge in [0, 0.05) is 61.9 Å². The number of morpholine rings is 1. The average Bonchev–Trinajstić information content (AvgIpc) is 3.05. The molecule has 0 bridgehead atoms. The number of methoxy groups -OCH3 is 1. The predicted molar refractivity (Wildman–Crippen MR) is 167 cm³/mol. The van der Waals surface area contributed by atoms with E-state index in [-0.39, 0.29) is 12.2 Å². The Kier molecular flexibility index (Phi) is 9.73. The van der Waals surface area contributed by atoms with E-state index in [1.165, 1.54) is 0 Å². The average molecular weight is 601 g/mol. The first-order chi connectivity index (χ1) is 21.6. The lowest BCUT2D eigenvalue weighted by molar-refractivity contribution is -0.139. The first-order valence-electron chi connectivity index (χ1n) is 15.3. The minimum absolute atomic E-state index is 0.119. The van der Waals surface area contributed by atoms with Crippen molar-refractivity contribution in [2.24, 2.45) is 0 Å². The van der Waals surface area contributed by atoms with Crippen LogP contribution >= 0.6 is 0 Å². The van der Waals surface area contributed by atoms with Gasteiger partial charge < -0.3 is 33.9 Å². The molecule has 3 aliphatic heterocycles. The van der Waals surface area contributed by atoms with Crippen LogP contribution in [0.4, 0.5) is 17.3 Å². The van der Waals surface area contributed by atoms with Crippen LogP contribution in [0.1, 0.15) is 25.3 Å². The van der Waals surface area contributed by atoms with Gasteiger partial charge in [0.25, 0.3) is 0 Å². The summed E-state index contributed by atoms with van der Waals surface area (Å²) in [7, 11) is 1.68. The van der Waals surface area contributed by atoms with Crippen LogP contribution in [-0.2, 0) is 14.2 Å². The van der Waals surface area contributed by atoms with E-state index >= 15 is 0 Å². The number of nitrogens with zero attached hydrogens (tertiary/aromatic N) is 5. The van der Waals surface area contributed by atoms with Crippen molar-refractivity contribution in [1.82, 2.24) is 14.9 Å². The van der Waals surface area contributed by atoms with E-state index in [0.717, 1.165) is 80.5 Å². The van der Waals surface area contributed by atoms with Crippen molar-refractivity contribution in [3.05, 3.63) is 54.4 Å². The lowest BCUT2D eigenvalue weighted by Gasteiger charge is -2.40. The second-order valence-electron chi connectivity index (χ2n) is 11.4. The van der Waals surface area contributed by atoms with Gasteiger partial charge in [-0.15, -0.1) is 0 Å². The Morgan fingerprint density at radius 3 is 2.43 bits per heavy atom. The number of nitriles is 1. The number of hydrogen-bond acceptors (Lipinski definition) is 11. The Bertz CT molecular complexity index is 1430. The zero-order valence-corrected chi connectivity index (χ0v) is 25.4. The Hall–Kier alpha value is -3.95. The van der Waals surface area contributed by atoms with Crippen LogP contribution in [0.3, 0.4) is 0 Å². The van der Waals surface area contributed by atoms with Crippen molar-refractivity contribution >= 4 is 17.3 Å². The summed E-state index contributed by atoms with van der Waals surface area (Å²) in [5, 5.41) is 12.9. The van der Waals surface area contributed by atoms with Crippen LogP contribution in [0, 0.1) is 11.3 Å². The second kappa shape index (κ2) is 14.2. The van der Waals surface area contributed by atoms with Crippen LogP contribution in [0.25, 0.3) is 11.1 Å². The fourth-order valence-corrected chi connectivity index (χ4v) is 5.80. The van der Waals surface area contributed by atoms with Gasteiger partial charge in [-0.2, -0.15) is 5.26 Å². The van der Waals surface area contributed by atoms with Gasteiger partial charge in [0.1, 0.15) is 29.8 Å². The summed E-state index contributed by atoms with van der Waals surface area (Å²) >= 11 is 0. The van der Waals surface area contributed by atoms with Crippen LogP contribution in [0.2, 0.25) is 0 Å². The van der Waals surface area contributed by atoms with E-state index in [2.05, 4.69) is 43.3 Å². The smallest absolute Gasteiger partial charge is 0.227 e. The van der Waals surface area contributed by atoms with Gasteiger partial charge >= 0.3 is 0 Å². The standard InChI is InChI=1S/C33H40N6O5/c1-23(20-43-29-21-42-22-29)44-31-15-24(3-4-25(31)17-34)26-18-35-33(36-19-26)37-30-6-5-28(16-32(30)40-2)38-9-7-27(8-10-38)39-11-13-41-14-12-39/h3-6,15-16,18-19,23,27,29H,7-14,20-22H2,1-2H3,(H,35,36,37). The minimum atomic E-state index is -0.218. The van der Waals surface area contributed by atoms with E-state index in [1.807, 2.05) is 25.1 Å². The van der Waals surface area contributed by atoms with Gasteiger partial charge in [0.05, 0.1) is 51.4 Å². The number of piperidine rings is 1. The van der Waals surface area contributed by atoms with Gasteiger partial charge in [0.15, 0.2) is 0 Å². The maximum absolute atomic E-state index is 9.60. The molecule has 44 heavy (non-hydrogen) atoms. The van der Waals surface area contributed by atoms with E-state index in [1.54, 1.807) is 25.6 Å². The summed E-state index contributed by atoms with van der Waals surface area (Å²) in [5.74, 6) is 1.70. The molecule has 0 amide bonds. The van der Waals surface area contributed by atoms with Crippen LogP contribution < -0.4 is 19.7 Å². The van der Waals surface area contributed by atoms with Crippen molar-refractivity contribution in [3.63, 3.8) is 0 Å².